The van der Waals surface area contributed by atoms with Crippen molar-refractivity contribution in [2.24, 2.45) is 11.8 Å². The Balaban J connectivity index is 2.33. The van der Waals surface area contributed by atoms with E-state index in [-0.39, 0.29) is 17.8 Å². The summed E-state index contributed by atoms with van der Waals surface area (Å²) in [7, 11) is 1.69. The van der Waals surface area contributed by atoms with Gasteiger partial charge in [-0.15, -0.1) is 0 Å². The Labute approximate surface area is 116 Å². The number of amides is 1. The lowest BCUT2D eigenvalue weighted by Gasteiger charge is -2.28. The third-order valence-corrected chi connectivity index (χ3v) is 3.58. The molecule has 0 bridgehead atoms. The predicted octanol–water partition coefficient (Wildman–Crippen LogP) is 2.66. The van der Waals surface area contributed by atoms with Crippen molar-refractivity contribution in [3.8, 4) is 0 Å². The molecule has 4 nitrogen and oxygen atoms in total. The maximum atomic E-state index is 11.7. The molecule has 0 spiro atoms. The molecule has 19 heavy (non-hydrogen) atoms. The highest BCUT2D eigenvalue weighted by Gasteiger charge is 2.27. The molecule has 110 valence electrons. The summed E-state index contributed by atoms with van der Waals surface area (Å²) in [6.07, 6.45) is 5.38. The van der Waals surface area contributed by atoms with E-state index in [0.717, 1.165) is 32.1 Å². The summed E-state index contributed by atoms with van der Waals surface area (Å²) >= 11 is 0. The van der Waals surface area contributed by atoms with Gasteiger partial charge in [0.25, 0.3) is 0 Å². The van der Waals surface area contributed by atoms with Crippen molar-refractivity contribution in [2.75, 3.05) is 7.05 Å². The number of carbonyl (C=O) groups excluding carboxylic acids is 2. The van der Waals surface area contributed by atoms with Crippen LogP contribution >= 0.6 is 0 Å². The Kier molecular flexibility index (Phi) is 5.83. The topological polar surface area (TPSA) is 55.4 Å². The minimum absolute atomic E-state index is 0.127. The number of ether oxygens (including phenoxy) is 1. The van der Waals surface area contributed by atoms with Crippen LogP contribution < -0.4 is 5.32 Å². The van der Waals surface area contributed by atoms with Gasteiger partial charge in [0, 0.05) is 19.4 Å². The van der Waals surface area contributed by atoms with Gasteiger partial charge in [0.1, 0.15) is 5.60 Å². The lowest BCUT2D eigenvalue weighted by atomic mass is 9.79. The third kappa shape index (κ3) is 6.08. The van der Waals surface area contributed by atoms with Gasteiger partial charge in [-0.3, -0.25) is 9.59 Å². The van der Waals surface area contributed by atoms with E-state index >= 15 is 0 Å². The van der Waals surface area contributed by atoms with Crippen molar-refractivity contribution in [3.63, 3.8) is 0 Å². The fourth-order valence-electron chi connectivity index (χ4n) is 2.71. The Bertz CT molecular complexity index is 320. The van der Waals surface area contributed by atoms with Crippen LogP contribution in [0.2, 0.25) is 0 Å². The molecule has 0 aromatic heterocycles. The quantitative estimate of drug-likeness (QED) is 0.798. The number of rotatable bonds is 4. The molecule has 0 saturated heterocycles. The molecular weight excluding hydrogens is 242 g/mol. The zero-order valence-corrected chi connectivity index (χ0v) is 12.6. The van der Waals surface area contributed by atoms with E-state index in [1.165, 1.54) is 0 Å². The van der Waals surface area contributed by atoms with Crippen LogP contribution in [0.5, 0.6) is 0 Å². The monoisotopic (exact) mass is 269 g/mol. The fraction of sp³-hybridized carbons (Fsp3) is 0.867. The highest BCUT2D eigenvalue weighted by atomic mass is 16.6. The molecule has 1 fully saturated rings. The van der Waals surface area contributed by atoms with Gasteiger partial charge >= 0.3 is 5.97 Å². The molecule has 1 aliphatic carbocycles. The van der Waals surface area contributed by atoms with Crippen LogP contribution in [0.3, 0.4) is 0 Å². The Morgan fingerprint density at radius 3 is 2.53 bits per heavy atom. The molecule has 1 saturated carbocycles. The van der Waals surface area contributed by atoms with Crippen LogP contribution in [0.25, 0.3) is 0 Å². The standard InChI is InChI=1S/C15H27NO3/c1-15(2,3)19-13(17)9-8-11-6-5-7-12(10-11)14(18)16-4/h11-12H,5-10H2,1-4H3,(H,16,18). The number of esters is 1. The van der Waals surface area contributed by atoms with Gasteiger partial charge in [0.05, 0.1) is 0 Å². The van der Waals surface area contributed by atoms with Gasteiger partial charge in [-0.1, -0.05) is 12.8 Å². The van der Waals surface area contributed by atoms with Crippen LogP contribution in [0.4, 0.5) is 0 Å². The summed E-state index contributed by atoms with van der Waals surface area (Å²) in [6, 6.07) is 0. The van der Waals surface area contributed by atoms with E-state index in [9.17, 15) is 9.59 Å². The molecular formula is C15H27NO3. The molecule has 4 heteroatoms. The van der Waals surface area contributed by atoms with Crippen LogP contribution in [-0.4, -0.2) is 24.5 Å². The van der Waals surface area contributed by atoms with E-state index in [1.807, 2.05) is 20.8 Å². The number of hydrogen-bond donors (Lipinski definition) is 1. The minimum atomic E-state index is -0.408. The van der Waals surface area contributed by atoms with E-state index < -0.39 is 5.60 Å². The van der Waals surface area contributed by atoms with E-state index in [4.69, 9.17) is 4.74 Å². The molecule has 0 aromatic rings. The first kappa shape index (κ1) is 16.0. The summed E-state index contributed by atoms with van der Waals surface area (Å²) in [5.74, 6) is 0.613. The van der Waals surface area contributed by atoms with Gasteiger partial charge in [0.2, 0.25) is 5.91 Å². The molecule has 0 aromatic carbocycles. The minimum Gasteiger partial charge on any atom is -0.460 e. The van der Waals surface area contributed by atoms with Crippen molar-refractivity contribution in [1.82, 2.24) is 5.32 Å². The first-order valence-corrected chi connectivity index (χ1v) is 7.25. The first-order chi connectivity index (χ1) is 8.81. The van der Waals surface area contributed by atoms with E-state index in [1.54, 1.807) is 7.05 Å². The highest BCUT2D eigenvalue weighted by Crippen LogP contribution is 2.32. The zero-order chi connectivity index (χ0) is 14.5. The molecule has 1 aliphatic rings. The number of nitrogens with one attached hydrogen (secondary N) is 1. The molecule has 2 atom stereocenters. The maximum Gasteiger partial charge on any atom is 0.306 e. The van der Waals surface area contributed by atoms with Crippen LogP contribution in [0, 0.1) is 11.8 Å². The van der Waals surface area contributed by atoms with Crippen LogP contribution in [0.15, 0.2) is 0 Å². The lowest BCUT2D eigenvalue weighted by Crippen LogP contribution is -2.31. The Morgan fingerprint density at radius 1 is 1.26 bits per heavy atom. The van der Waals surface area contributed by atoms with Crippen molar-refractivity contribution in [1.29, 1.82) is 0 Å². The molecule has 2 unspecified atom stereocenters. The SMILES string of the molecule is CNC(=O)C1CCCC(CCC(=O)OC(C)(C)C)C1. The van der Waals surface area contributed by atoms with Gasteiger partial charge in [-0.2, -0.15) is 0 Å². The average molecular weight is 269 g/mol. The molecule has 1 rings (SSSR count). The van der Waals surface area contributed by atoms with Gasteiger partial charge < -0.3 is 10.1 Å². The molecule has 1 amide bonds. The van der Waals surface area contributed by atoms with E-state index in [0.29, 0.717) is 12.3 Å². The summed E-state index contributed by atoms with van der Waals surface area (Å²) in [5, 5.41) is 2.72. The highest BCUT2D eigenvalue weighted by molar-refractivity contribution is 5.78. The second-order valence-electron chi connectivity index (χ2n) is 6.47. The summed E-state index contributed by atoms with van der Waals surface area (Å²) in [4.78, 5) is 23.3. The van der Waals surface area contributed by atoms with Crippen molar-refractivity contribution >= 4 is 11.9 Å². The van der Waals surface area contributed by atoms with Crippen LogP contribution in [-0.2, 0) is 14.3 Å². The van der Waals surface area contributed by atoms with Crippen molar-refractivity contribution in [3.05, 3.63) is 0 Å². The molecule has 0 heterocycles. The average Bonchev–Trinajstić information content (AvgIpc) is 2.34. The Morgan fingerprint density at radius 2 is 1.95 bits per heavy atom. The largest absolute Gasteiger partial charge is 0.460 e. The second-order valence-corrected chi connectivity index (χ2v) is 6.47. The van der Waals surface area contributed by atoms with Crippen molar-refractivity contribution < 1.29 is 14.3 Å². The first-order valence-electron chi connectivity index (χ1n) is 7.25. The van der Waals surface area contributed by atoms with Gasteiger partial charge in [0.15, 0.2) is 0 Å². The third-order valence-electron chi connectivity index (χ3n) is 3.58. The lowest BCUT2D eigenvalue weighted by molar-refractivity contribution is -0.155. The fourth-order valence-corrected chi connectivity index (χ4v) is 2.71. The summed E-state index contributed by atoms with van der Waals surface area (Å²) in [6.45, 7) is 5.65. The molecule has 0 aliphatic heterocycles. The van der Waals surface area contributed by atoms with Gasteiger partial charge in [-0.25, -0.2) is 0 Å². The maximum absolute atomic E-state index is 11.7. The molecule has 0 radical (unpaired) electrons. The van der Waals surface area contributed by atoms with Crippen molar-refractivity contribution in [2.45, 2.75) is 64.9 Å². The zero-order valence-electron chi connectivity index (χ0n) is 12.6. The normalized spacial score (nSPS) is 23.8. The smallest absolute Gasteiger partial charge is 0.306 e. The summed E-state index contributed by atoms with van der Waals surface area (Å²) < 4.78 is 5.31. The number of carbonyl (C=O) groups is 2. The molecule has 1 N–H and O–H groups in total. The van der Waals surface area contributed by atoms with Gasteiger partial charge in [-0.05, 0) is 46.0 Å². The van der Waals surface area contributed by atoms with E-state index in [2.05, 4.69) is 5.32 Å². The second kappa shape index (κ2) is 6.92. The predicted molar refractivity (Wildman–Crippen MR) is 74.6 cm³/mol. The summed E-state index contributed by atoms with van der Waals surface area (Å²) in [5.41, 5.74) is -0.408. The Hall–Kier alpha value is -1.06. The van der Waals surface area contributed by atoms with Crippen LogP contribution in [0.1, 0.15) is 59.3 Å². The number of hydrogen-bond acceptors (Lipinski definition) is 3.